The summed E-state index contributed by atoms with van der Waals surface area (Å²) in [7, 11) is 0. The van der Waals surface area contributed by atoms with E-state index in [2.05, 4.69) is 6.58 Å². The Balaban J connectivity index is 2.31. The molecule has 0 bridgehead atoms. The molecule has 0 saturated heterocycles. The second-order valence-electron chi connectivity index (χ2n) is 4.66. The van der Waals surface area contributed by atoms with Gasteiger partial charge in [-0.25, -0.2) is 14.4 Å². The van der Waals surface area contributed by atoms with Crippen LogP contribution in [0.2, 0.25) is 0 Å². The zero-order valence-electron chi connectivity index (χ0n) is 13.5. The van der Waals surface area contributed by atoms with Crippen LogP contribution in [0, 0.1) is 0 Å². The van der Waals surface area contributed by atoms with Gasteiger partial charge in [0.2, 0.25) is 5.76 Å². The molecule has 2 rings (SSSR count). The molecule has 1 aromatic carbocycles. The molecule has 0 atom stereocenters. The summed E-state index contributed by atoms with van der Waals surface area (Å²) in [5.41, 5.74) is 0.244. The van der Waals surface area contributed by atoms with E-state index in [4.69, 9.17) is 18.9 Å². The molecule has 1 aliphatic heterocycles. The highest BCUT2D eigenvalue weighted by atomic mass is 16.6. The molecule has 1 aromatic rings. The lowest BCUT2D eigenvalue weighted by Gasteiger charge is -2.06. The third-order valence-electron chi connectivity index (χ3n) is 2.90. The average Bonchev–Trinajstić information content (AvgIpc) is 2.88. The molecule has 25 heavy (non-hydrogen) atoms. The minimum Gasteiger partial charge on any atom is -0.482 e. The van der Waals surface area contributed by atoms with Crippen molar-refractivity contribution in [2.75, 3.05) is 13.2 Å². The molecule has 0 N–H and O–H groups in total. The molecule has 1 heterocycles. The van der Waals surface area contributed by atoms with Crippen LogP contribution < -0.4 is 0 Å². The molecule has 0 fully saturated rings. The predicted octanol–water partition coefficient (Wildman–Crippen LogP) is 2.26. The van der Waals surface area contributed by atoms with Crippen molar-refractivity contribution in [3.05, 3.63) is 71.9 Å². The number of carbonyl (C=O) groups is 3. The van der Waals surface area contributed by atoms with Gasteiger partial charge < -0.3 is 18.9 Å². The molecule has 0 radical (unpaired) electrons. The van der Waals surface area contributed by atoms with Gasteiger partial charge in [0.1, 0.15) is 6.61 Å². The lowest BCUT2D eigenvalue weighted by Crippen LogP contribution is -2.11. The van der Waals surface area contributed by atoms with Crippen LogP contribution in [0.15, 0.2) is 66.3 Å². The molecule has 130 valence electrons. The van der Waals surface area contributed by atoms with Crippen LogP contribution in [0.3, 0.4) is 0 Å². The van der Waals surface area contributed by atoms with E-state index in [0.717, 1.165) is 6.08 Å². The van der Waals surface area contributed by atoms with Gasteiger partial charge in [-0.3, -0.25) is 0 Å². The molecule has 0 saturated carbocycles. The lowest BCUT2D eigenvalue weighted by molar-refractivity contribution is -0.138. The van der Waals surface area contributed by atoms with Gasteiger partial charge in [0.15, 0.2) is 5.76 Å². The van der Waals surface area contributed by atoms with Crippen LogP contribution in [-0.2, 0) is 28.5 Å². The van der Waals surface area contributed by atoms with E-state index < -0.39 is 23.7 Å². The highest BCUT2D eigenvalue weighted by Gasteiger charge is 2.36. The zero-order valence-corrected chi connectivity index (χ0v) is 13.5. The summed E-state index contributed by atoms with van der Waals surface area (Å²) in [6.45, 7) is 5.30. The topological polar surface area (TPSA) is 88.1 Å². The third-order valence-corrected chi connectivity index (χ3v) is 2.90. The summed E-state index contributed by atoms with van der Waals surface area (Å²) in [4.78, 5) is 35.7. The highest BCUT2D eigenvalue weighted by molar-refractivity contribution is 5.99. The van der Waals surface area contributed by atoms with Crippen molar-refractivity contribution in [2.24, 2.45) is 0 Å². The Hall–Kier alpha value is -3.35. The van der Waals surface area contributed by atoms with E-state index in [0.29, 0.717) is 0 Å². The normalized spacial score (nSPS) is 14.9. The minimum absolute atomic E-state index is 0.0124. The second-order valence-corrected chi connectivity index (χ2v) is 4.66. The fourth-order valence-electron chi connectivity index (χ4n) is 1.88. The number of carbonyl (C=O) groups excluding carboxylic acids is 3. The van der Waals surface area contributed by atoms with E-state index in [1.165, 1.54) is 18.2 Å². The maximum absolute atomic E-state index is 12.1. The van der Waals surface area contributed by atoms with Crippen LogP contribution in [0.25, 0.3) is 0 Å². The first-order valence-corrected chi connectivity index (χ1v) is 7.43. The Kier molecular flexibility index (Phi) is 6.11. The highest BCUT2D eigenvalue weighted by Crippen LogP contribution is 2.29. The first-order chi connectivity index (χ1) is 12.1. The number of hydrogen-bond donors (Lipinski definition) is 0. The Bertz CT molecular complexity index is 744. The summed E-state index contributed by atoms with van der Waals surface area (Å²) >= 11 is 0. The molecule has 1 aliphatic rings. The largest absolute Gasteiger partial charge is 0.482 e. The number of ether oxygens (including phenoxy) is 4. The second kappa shape index (κ2) is 8.49. The maximum atomic E-state index is 12.1. The summed E-state index contributed by atoms with van der Waals surface area (Å²) in [6, 6.07) is 8.10. The van der Waals surface area contributed by atoms with Gasteiger partial charge >= 0.3 is 17.9 Å². The Morgan fingerprint density at radius 3 is 2.56 bits per heavy atom. The summed E-state index contributed by atoms with van der Waals surface area (Å²) in [6.07, 6.45) is 2.37. The summed E-state index contributed by atoms with van der Waals surface area (Å²) in [5.74, 6) is -3.22. The standard InChI is InChI=1S/C18H16O7/c1-3-10-23-15-13(11-14(19)22-4-2)24-18(21)16(15)25-17(20)12-8-6-5-7-9-12/h3,5-9,11H,1,4,10H2,2H3/b13-11-. The Labute approximate surface area is 144 Å². The van der Waals surface area contributed by atoms with Crippen LogP contribution >= 0.6 is 0 Å². The van der Waals surface area contributed by atoms with Gasteiger partial charge in [-0.2, -0.15) is 0 Å². The minimum atomic E-state index is -0.945. The molecule has 7 heteroatoms. The fraction of sp³-hybridized carbons (Fsp3) is 0.167. The third kappa shape index (κ3) is 4.57. The van der Waals surface area contributed by atoms with Crippen molar-refractivity contribution in [2.45, 2.75) is 6.92 Å². The molecular formula is C18H16O7. The number of cyclic esters (lactones) is 1. The number of rotatable bonds is 7. The molecule has 0 aromatic heterocycles. The van der Waals surface area contributed by atoms with Crippen molar-refractivity contribution in [1.29, 1.82) is 0 Å². The van der Waals surface area contributed by atoms with Crippen molar-refractivity contribution in [3.63, 3.8) is 0 Å². The average molecular weight is 344 g/mol. The summed E-state index contributed by atoms with van der Waals surface area (Å²) in [5, 5.41) is 0. The Morgan fingerprint density at radius 2 is 1.92 bits per heavy atom. The SMILES string of the molecule is C=CCOC1=C(OC(=O)c2ccccc2)C(=O)O/C1=C\C(=O)OCC. The monoisotopic (exact) mass is 344 g/mol. The number of hydrogen-bond acceptors (Lipinski definition) is 7. The van der Waals surface area contributed by atoms with Crippen LogP contribution in [0.4, 0.5) is 0 Å². The predicted molar refractivity (Wildman–Crippen MR) is 85.8 cm³/mol. The van der Waals surface area contributed by atoms with Crippen molar-refractivity contribution < 1.29 is 33.3 Å². The van der Waals surface area contributed by atoms with E-state index in [1.807, 2.05) is 0 Å². The first kappa shape index (κ1) is 18.0. The Morgan fingerprint density at radius 1 is 1.20 bits per heavy atom. The molecule has 0 spiro atoms. The first-order valence-electron chi connectivity index (χ1n) is 7.43. The van der Waals surface area contributed by atoms with Gasteiger partial charge in [0.25, 0.3) is 5.76 Å². The summed E-state index contributed by atoms with van der Waals surface area (Å²) < 4.78 is 20.1. The van der Waals surface area contributed by atoms with Crippen LogP contribution in [0.1, 0.15) is 17.3 Å². The van der Waals surface area contributed by atoms with E-state index in [9.17, 15) is 14.4 Å². The molecule has 7 nitrogen and oxygen atoms in total. The number of esters is 3. The van der Waals surface area contributed by atoms with Crippen LogP contribution in [-0.4, -0.2) is 31.1 Å². The van der Waals surface area contributed by atoms with Gasteiger partial charge in [0, 0.05) is 0 Å². The van der Waals surface area contributed by atoms with Gasteiger partial charge in [0.05, 0.1) is 18.2 Å². The number of benzene rings is 1. The quantitative estimate of drug-likeness (QED) is 0.324. The van der Waals surface area contributed by atoms with E-state index >= 15 is 0 Å². The maximum Gasteiger partial charge on any atom is 0.384 e. The van der Waals surface area contributed by atoms with Crippen LogP contribution in [0.5, 0.6) is 0 Å². The smallest absolute Gasteiger partial charge is 0.384 e. The molecule has 0 unspecified atom stereocenters. The van der Waals surface area contributed by atoms with Gasteiger partial charge in [-0.1, -0.05) is 30.9 Å². The zero-order chi connectivity index (χ0) is 18.2. The van der Waals surface area contributed by atoms with Gasteiger partial charge in [-0.05, 0) is 19.1 Å². The van der Waals surface area contributed by atoms with Crippen molar-refractivity contribution in [3.8, 4) is 0 Å². The lowest BCUT2D eigenvalue weighted by atomic mass is 10.2. The molecular weight excluding hydrogens is 328 g/mol. The molecule has 0 amide bonds. The van der Waals surface area contributed by atoms with Gasteiger partial charge in [-0.15, -0.1) is 0 Å². The van der Waals surface area contributed by atoms with Crippen molar-refractivity contribution >= 4 is 17.9 Å². The van der Waals surface area contributed by atoms with E-state index in [-0.39, 0.29) is 30.3 Å². The fourth-order valence-corrected chi connectivity index (χ4v) is 1.88. The van der Waals surface area contributed by atoms with E-state index in [1.54, 1.807) is 25.1 Å². The molecule has 0 aliphatic carbocycles. The van der Waals surface area contributed by atoms with Crippen molar-refractivity contribution in [1.82, 2.24) is 0 Å².